The zero-order valence-corrected chi connectivity index (χ0v) is 13.5. The van der Waals surface area contributed by atoms with Crippen LogP contribution in [-0.4, -0.2) is 31.6 Å². The molecule has 0 aromatic heterocycles. The van der Waals surface area contributed by atoms with E-state index in [4.69, 9.17) is 0 Å². The molecule has 0 aliphatic heterocycles. The Morgan fingerprint density at radius 1 is 1.21 bits per heavy atom. The first-order valence-electron chi connectivity index (χ1n) is 7.44. The summed E-state index contributed by atoms with van der Waals surface area (Å²) in [5.41, 5.74) is 4.13. The molecule has 2 unspecified atom stereocenters. The van der Waals surface area contributed by atoms with Gasteiger partial charge >= 0.3 is 0 Å². The van der Waals surface area contributed by atoms with Crippen molar-refractivity contribution in [3.05, 3.63) is 34.9 Å². The van der Waals surface area contributed by atoms with Crippen LogP contribution in [-0.2, 0) is 0 Å². The van der Waals surface area contributed by atoms with E-state index in [1.54, 1.807) is 0 Å². The lowest BCUT2D eigenvalue weighted by molar-refractivity contribution is 0.222. The zero-order chi connectivity index (χ0) is 14.4. The highest BCUT2D eigenvalue weighted by Crippen LogP contribution is 2.19. The molecule has 2 heteroatoms. The molecule has 2 nitrogen and oxygen atoms in total. The molecular formula is C17H30N2. The summed E-state index contributed by atoms with van der Waals surface area (Å²) in [5, 5.41) is 3.45. The van der Waals surface area contributed by atoms with Crippen molar-refractivity contribution >= 4 is 0 Å². The van der Waals surface area contributed by atoms with Crippen LogP contribution >= 0.6 is 0 Å². The minimum atomic E-state index is 0.406. The van der Waals surface area contributed by atoms with Crippen LogP contribution < -0.4 is 5.32 Å². The van der Waals surface area contributed by atoms with Gasteiger partial charge in [-0.05, 0) is 58.0 Å². The number of benzene rings is 1. The van der Waals surface area contributed by atoms with Crippen LogP contribution in [0.25, 0.3) is 0 Å². The van der Waals surface area contributed by atoms with Gasteiger partial charge in [0.1, 0.15) is 0 Å². The van der Waals surface area contributed by atoms with Gasteiger partial charge < -0.3 is 10.2 Å². The van der Waals surface area contributed by atoms with Gasteiger partial charge in [-0.2, -0.15) is 0 Å². The topological polar surface area (TPSA) is 15.3 Å². The Balaban J connectivity index is 2.74. The third-order valence-electron chi connectivity index (χ3n) is 4.21. The minimum Gasteiger partial charge on any atom is -0.312 e. The van der Waals surface area contributed by atoms with Gasteiger partial charge in [0.25, 0.3) is 0 Å². The van der Waals surface area contributed by atoms with E-state index in [-0.39, 0.29) is 0 Å². The lowest BCUT2D eigenvalue weighted by Crippen LogP contribution is -2.36. The Kier molecular flexibility index (Phi) is 6.53. The fraction of sp³-hybridized carbons (Fsp3) is 0.647. The van der Waals surface area contributed by atoms with Crippen molar-refractivity contribution in [1.82, 2.24) is 10.2 Å². The number of hydrogen-bond donors (Lipinski definition) is 1. The van der Waals surface area contributed by atoms with Gasteiger partial charge in [0.05, 0.1) is 0 Å². The molecule has 0 bridgehead atoms. The Bertz CT molecular complexity index is 387. The maximum absolute atomic E-state index is 3.45. The van der Waals surface area contributed by atoms with Crippen molar-refractivity contribution < 1.29 is 0 Å². The summed E-state index contributed by atoms with van der Waals surface area (Å²) in [6.45, 7) is 9.98. The van der Waals surface area contributed by atoms with E-state index in [9.17, 15) is 0 Å². The van der Waals surface area contributed by atoms with Crippen LogP contribution in [0.5, 0.6) is 0 Å². The predicted octanol–water partition coefficient (Wildman–Crippen LogP) is 3.68. The van der Waals surface area contributed by atoms with E-state index in [0.717, 1.165) is 6.54 Å². The molecule has 0 heterocycles. The molecule has 0 aliphatic rings. The molecule has 0 saturated carbocycles. The molecule has 2 atom stereocenters. The van der Waals surface area contributed by atoms with Crippen LogP contribution in [0.4, 0.5) is 0 Å². The third kappa shape index (κ3) is 4.63. The number of rotatable bonds is 7. The zero-order valence-electron chi connectivity index (χ0n) is 13.5. The van der Waals surface area contributed by atoms with E-state index in [1.807, 2.05) is 0 Å². The van der Waals surface area contributed by atoms with Gasteiger partial charge in [0.2, 0.25) is 0 Å². The van der Waals surface area contributed by atoms with E-state index >= 15 is 0 Å². The summed E-state index contributed by atoms with van der Waals surface area (Å²) in [5.74, 6) is 0. The maximum atomic E-state index is 3.45. The summed E-state index contributed by atoms with van der Waals surface area (Å²) in [6, 6.07) is 7.84. The normalized spacial score (nSPS) is 14.7. The lowest BCUT2D eigenvalue weighted by atomic mass is 10.00. The smallest absolute Gasteiger partial charge is 0.0446 e. The molecular weight excluding hydrogens is 232 g/mol. The molecule has 0 amide bonds. The van der Waals surface area contributed by atoms with E-state index < -0.39 is 0 Å². The van der Waals surface area contributed by atoms with Crippen molar-refractivity contribution in [1.29, 1.82) is 0 Å². The van der Waals surface area contributed by atoms with Crippen LogP contribution in [0.15, 0.2) is 18.2 Å². The first kappa shape index (κ1) is 16.2. The SMILES string of the molecule is CCCC(C)N(C)CC(NC)c1ccc(C)c(C)c1. The molecule has 1 rings (SSSR count). The average molecular weight is 262 g/mol. The van der Waals surface area contributed by atoms with E-state index in [2.05, 4.69) is 70.2 Å². The standard InChI is InChI=1S/C17H30N2/c1-7-8-15(4)19(6)12-17(18-5)16-10-9-13(2)14(3)11-16/h9-11,15,17-18H,7-8,12H2,1-6H3. The van der Waals surface area contributed by atoms with Gasteiger partial charge in [-0.3, -0.25) is 0 Å². The second-order valence-electron chi connectivity index (χ2n) is 5.76. The summed E-state index contributed by atoms with van der Waals surface area (Å²) in [6.07, 6.45) is 2.51. The largest absolute Gasteiger partial charge is 0.312 e. The highest BCUT2D eigenvalue weighted by Gasteiger charge is 2.15. The fourth-order valence-corrected chi connectivity index (χ4v) is 2.45. The quantitative estimate of drug-likeness (QED) is 0.806. The summed E-state index contributed by atoms with van der Waals surface area (Å²) in [7, 11) is 4.28. The van der Waals surface area contributed by atoms with Crippen molar-refractivity contribution in [2.45, 2.75) is 52.6 Å². The Morgan fingerprint density at radius 3 is 2.42 bits per heavy atom. The van der Waals surface area contributed by atoms with Crippen molar-refractivity contribution in [3.63, 3.8) is 0 Å². The first-order chi connectivity index (χ1) is 8.99. The molecule has 0 aliphatic carbocycles. The molecule has 0 radical (unpaired) electrons. The monoisotopic (exact) mass is 262 g/mol. The van der Waals surface area contributed by atoms with Gasteiger partial charge in [-0.15, -0.1) is 0 Å². The van der Waals surface area contributed by atoms with E-state index in [1.165, 1.54) is 29.5 Å². The summed E-state index contributed by atoms with van der Waals surface area (Å²) < 4.78 is 0. The maximum Gasteiger partial charge on any atom is 0.0446 e. The molecule has 0 spiro atoms. The number of aryl methyl sites for hydroxylation is 2. The second kappa shape index (κ2) is 7.66. The van der Waals surface area contributed by atoms with Gasteiger partial charge in [0, 0.05) is 18.6 Å². The highest BCUT2D eigenvalue weighted by molar-refractivity contribution is 5.31. The number of hydrogen-bond acceptors (Lipinski definition) is 2. The number of nitrogens with one attached hydrogen (secondary N) is 1. The first-order valence-corrected chi connectivity index (χ1v) is 7.44. The second-order valence-corrected chi connectivity index (χ2v) is 5.76. The molecule has 1 N–H and O–H groups in total. The molecule has 1 aromatic carbocycles. The summed E-state index contributed by atoms with van der Waals surface area (Å²) >= 11 is 0. The average Bonchev–Trinajstić information content (AvgIpc) is 2.39. The molecule has 0 fully saturated rings. The summed E-state index contributed by atoms with van der Waals surface area (Å²) in [4.78, 5) is 2.46. The van der Waals surface area contributed by atoms with Crippen LogP contribution in [0, 0.1) is 13.8 Å². The van der Waals surface area contributed by atoms with Crippen LogP contribution in [0.1, 0.15) is 49.4 Å². The van der Waals surface area contributed by atoms with Crippen molar-refractivity contribution in [2.75, 3.05) is 20.6 Å². The van der Waals surface area contributed by atoms with Crippen LogP contribution in [0.3, 0.4) is 0 Å². The van der Waals surface area contributed by atoms with E-state index in [0.29, 0.717) is 12.1 Å². The number of likely N-dealkylation sites (N-methyl/N-ethyl adjacent to an activating group) is 2. The third-order valence-corrected chi connectivity index (χ3v) is 4.21. The Labute approximate surface area is 119 Å². The molecule has 0 saturated heterocycles. The molecule has 19 heavy (non-hydrogen) atoms. The van der Waals surface area contributed by atoms with Crippen molar-refractivity contribution in [3.8, 4) is 0 Å². The Morgan fingerprint density at radius 2 is 1.89 bits per heavy atom. The fourth-order valence-electron chi connectivity index (χ4n) is 2.45. The van der Waals surface area contributed by atoms with Gasteiger partial charge in [0.15, 0.2) is 0 Å². The Hall–Kier alpha value is -0.860. The van der Waals surface area contributed by atoms with Gasteiger partial charge in [-0.1, -0.05) is 31.5 Å². The minimum absolute atomic E-state index is 0.406. The number of nitrogens with zero attached hydrogens (tertiary/aromatic N) is 1. The highest BCUT2D eigenvalue weighted by atomic mass is 15.1. The van der Waals surface area contributed by atoms with Crippen molar-refractivity contribution in [2.24, 2.45) is 0 Å². The van der Waals surface area contributed by atoms with Crippen LogP contribution in [0.2, 0.25) is 0 Å². The van der Waals surface area contributed by atoms with Gasteiger partial charge in [-0.25, -0.2) is 0 Å². The predicted molar refractivity (Wildman–Crippen MR) is 84.7 cm³/mol. The molecule has 1 aromatic rings. The molecule has 108 valence electrons. The lowest BCUT2D eigenvalue weighted by Gasteiger charge is -2.29.